The molecule has 1 rings (SSSR count). The van der Waals surface area contributed by atoms with Gasteiger partial charge in [-0.2, -0.15) is 0 Å². The second-order valence-corrected chi connectivity index (χ2v) is 6.40. The maximum Gasteiger partial charge on any atom is 0.272 e. The fraction of sp³-hybridized carbons (Fsp3) is 0.400. The monoisotopic (exact) mass is 348 g/mol. The Balaban J connectivity index is 3.85. The van der Waals surface area contributed by atoms with Crippen molar-refractivity contribution in [1.29, 1.82) is 10.5 Å². The van der Waals surface area contributed by atoms with Crippen molar-refractivity contribution in [2.75, 3.05) is 13.2 Å². The molecule has 0 bridgehead atoms. The highest BCUT2D eigenvalue weighted by Gasteiger charge is 2.12. The number of nitrogens with zero attached hydrogens (tertiary/aromatic N) is 4. The third kappa shape index (κ3) is 5.27. The first-order valence-corrected chi connectivity index (χ1v) is 8.11. The first-order valence-electron chi connectivity index (χ1n) is 8.11. The van der Waals surface area contributed by atoms with Gasteiger partial charge in [0.05, 0.1) is 38.5 Å². The number of benzene rings is 1. The van der Waals surface area contributed by atoms with Crippen LogP contribution in [-0.4, -0.2) is 13.2 Å². The highest BCUT2D eigenvalue weighted by Crippen LogP contribution is 2.14. The maximum absolute atomic E-state index is 9.26. The van der Waals surface area contributed by atoms with Crippen LogP contribution in [0.2, 0.25) is 0 Å². The van der Waals surface area contributed by atoms with Gasteiger partial charge in [-0.05, 0) is 24.0 Å². The number of nitriles is 2. The lowest BCUT2D eigenvalue weighted by molar-refractivity contribution is 0.260. The SMILES string of the molecule is [C-]#[N+]C(C#N)=c1cc(OCC(C)C)c(=C(C#N)[N+]#[C-])cc1OCC(C)C. The molecule has 0 aliphatic heterocycles. The number of hydrogen-bond donors (Lipinski definition) is 0. The van der Waals surface area contributed by atoms with Crippen LogP contribution in [0.5, 0.6) is 11.5 Å². The zero-order chi connectivity index (χ0) is 19.7. The first kappa shape index (κ1) is 20.6. The topological polar surface area (TPSA) is 74.8 Å². The third-order valence-corrected chi connectivity index (χ3v) is 3.17. The molecule has 0 aliphatic carbocycles. The van der Waals surface area contributed by atoms with E-state index in [0.717, 1.165) is 0 Å². The largest absolute Gasteiger partial charge is 0.494 e. The average molecular weight is 348 g/mol. The molecular weight excluding hydrogens is 328 g/mol. The van der Waals surface area contributed by atoms with Gasteiger partial charge in [-0.25, -0.2) is 20.2 Å². The van der Waals surface area contributed by atoms with E-state index in [-0.39, 0.29) is 34.7 Å². The Labute approximate surface area is 153 Å². The van der Waals surface area contributed by atoms with Gasteiger partial charge in [0.15, 0.2) is 0 Å². The van der Waals surface area contributed by atoms with Crippen LogP contribution in [0.15, 0.2) is 12.1 Å². The van der Waals surface area contributed by atoms with Crippen LogP contribution >= 0.6 is 0 Å². The van der Waals surface area contributed by atoms with Crippen molar-refractivity contribution in [1.82, 2.24) is 0 Å². The first-order chi connectivity index (χ1) is 12.4. The standard InChI is InChI=1S/C20H20N4O2/c1-13(2)11-25-19-7-16(18(10-22)24-6)20(26-12-14(3)4)8-15(19)17(9-21)23-5/h7-8,13-14H,11-12H2,1-4H3. The summed E-state index contributed by atoms with van der Waals surface area (Å²) in [5, 5.41) is 19.1. The maximum atomic E-state index is 9.26. The van der Waals surface area contributed by atoms with Crippen molar-refractivity contribution < 1.29 is 9.47 Å². The molecule has 0 unspecified atom stereocenters. The van der Waals surface area contributed by atoms with Gasteiger partial charge in [0.2, 0.25) is 0 Å². The molecule has 0 amide bonds. The Hall–Kier alpha value is -3.48. The second kappa shape index (κ2) is 9.73. The molecule has 1 aromatic rings. The normalized spacial score (nSPS) is 12.4. The molecule has 0 fully saturated rings. The summed E-state index contributed by atoms with van der Waals surface area (Å²) in [7, 11) is 0. The lowest BCUT2D eigenvalue weighted by Crippen LogP contribution is -2.22. The zero-order valence-corrected chi connectivity index (χ0v) is 15.3. The predicted octanol–water partition coefficient (Wildman–Crippen LogP) is 2.86. The van der Waals surface area contributed by atoms with Gasteiger partial charge < -0.3 is 9.47 Å². The fourth-order valence-corrected chi connectivity index (χ4v) is 1.97. The number of hydrogen-bond acceptors (Lipinski definition) is 4. The van der Waals surface area contributed by atoms with Crippen LogP contribution in [0.1, 0.15) is 27.7 Å². The Morgan fingerprint density at radius 1 is 0.885 bits per heavy atom. The van der Waals surface area contributed by atoms with E-state index < -0.39 is 0 Å². The molecule has 0 atom stereocenters. The van der Waals surface area contributed by atoms with Crippen LogP contribution in [0.25, 0.3) is 21.1 Å². The molecule has 0 saturated carbocycles. The number of ether oxygens (including phenoxy) is 2. The summed E-state index contributed by atoms with van der Waals surface area (Å²) in [6.45, 7) is 23.1. The van der Waals surface area contributed by atoms with Crippen LogP contribution in [0.4, 0.5) is 0 Å². The summed E-state index contributed by atoms with van der Waals surface area (Å²) in [6, 6.07) is 6.73. The summed E-state index contributed by atoms with van der Waals surface area (Å²) < 4.78 is 11.5. The molecule has 6 heteroatoms. The van der Waals surface area contributed by atoms with Crippen LogP contribution in [0, 0.1) is 47.6 Å². The molecule has 0 spiro atoms. The molecule has 26 heavy (non-hydrogen) atoms. The minimum Gasteiger partial charge on any atom is -0.494 e. The molecule has 0 radical (unpaired) electrons. The van der Waals surface area contributed by atoms with Crippen molar-refractivity contribution in [3.63, 3.8) is 0 Å². The summed E-state index contributed by atoms with van der Waals surface area (Å²) in [4.78, 5) is 6.51. The highest BCUT2D eigenvalue weighted by molar-refractivity contribution is 5.71. The van der Waals surface area contributed by atoms with Crippen molar-refractivity contribution in [3.8, 4) is 23.6 Å². The smallest absolute Gasteiger partial charge is 0.272 e. The minimum absolute atomic E-state index is 0.133. The molecule has 1 aromatic carbocycles. The van der Waals surface area contributed by atoms with Crippen molar-refractivity contribution >= 4 is 11.4 Å². The molecule has 0 N–H and O–H groups in total. The van der Waals surface area contributed by atoms with Crippen molar-refractivity contribution in [2.24, 2.45) is 11.8 Å². The molecule has 0 aromatic heterocycles. The molecular formula is C20H20N4O2. The van der Waals surface area contributed by atoms with Crippen molar-refractivity contribution in [2.45, 2.75) is 27.7 Å². The number of rotatable bonds is 6. The van der Waals surface area contributed by atoms with E-state index in [2.05, 4.69) is 9.69 Å². The highest BCUT2D eigenvalue weighted by atomic mass is 16.5. The quantitative estimate of drug-likeness (QED) is 0.741. The Morgan fingerprint density at radius 2 is 1.23 bits per heavy atom. The van der Waals surface area contributed by atoms with E-state index in [0.29, 0.717) is 23.7 Å². The molecule has 0 heterocycles. The van der Waals surface area contributed by atoms with Crippen molar-refractivity contribution in [3.05, 3.63) is 45.4 Å². The van der Waals surface area contributed by atoms with E-state index in [1.165, 1.54) is 12.1 Å². The van der Waals surface area contributed by atoms with Crippen LogP contribution in [0.3, 0.4) is 0 Å². The average Bonchev–Trinajstić information content (AvgIpc) is 2.61. The minimum atomic E-state index is -0.133. The summed E-state index contributed by atoms with van der Waals surface area (Å²) in [5.74, 6) is 1.02. The lowest BCUT2D eigenvalue weighted by Gasteiger charge is -2.14. The van der Waals surface area contributed by atoms with Crippen LogP contribution < -0.4 is 19.9 Å². The van der Waals surface area contributed by atoms with Gasteiger partial charge in [0.25, 0.3) is 11.4 Å². The van der Waals surface area contributed by atoms with Gasteiger partial charge >= 0.3 is 0 Å². The van der Waals surface area contributed by atoms with Gasteiger partial charge in [0.1, 0.15) is 11.5 Å². The molecule has 0 aliphatic rings. The summed E-state index contributed by atoms with van der Waals surface area (Å²) in [5.41, 5.74) is -0.267. The molecule has 0 saturated heterocycles. The molecule has 132 valence electrons. The van der Waals surface area contributed by atoms with Crippen LogP contribution in [-0.2, 0) is 0 Å². The fourth-order valence-electron chi connectivity index (χ4n) is 1.97. The lowest BCUT2D eigenvalue weighted by atomic mass is 10.1. The van der Waals surface area contributed by atoms with Gasteiger partial charge in [-0.1, -0.05) is 27.7 Å². The van der Waals surface area contributed by atoms with E-state index in [1.807, 2.05) is 39.8 Å². The zero-order valence-electron chi connectivity index (χ0n) is 15.3. The van der Waals surface area contributed by atoms with Gasteiger partial charge in [-0.15, -0.1) is 0 Å². The van der Waals surface area contributed by atoms with E-state index >= 15 is 0 Å². The summed E-state index contributed by atoms with van der Waals surface area (Å²) >= 11 is 0. The molecule has 6 nitrogen and oxygen atoms in total. The summed E-state index contributed by atoms with van der Waals surface area (Å²) in [6.07, 6.45) is 0. The third-order valence-electron chi connectivity index (χ3n) is 3.17. The van der Waals surface area contributed by atoms with E-state index in [9.17, 15) is 10.5 Å². The predicted molar refractivity (Wildman–Crippen MR) is 97.6 cm³/mol. The Bertz CT molecular complexity index is 836. The van der Waals surface area contributed by atoms with E-state index in [4.69, 9.17) is 22.6 Å². The second-order valence-electron chi connectivity index (χ2n) is 6.40. The van der Waals surface area contributed by atoms with Gasteiger partial charge in [0, 0.05) is 10.4 Å². The van der Waals surface area contributed by atoms with E-state index in [1.54, 1.807) is 0 Å². The Kier molecular flexibility index (Phi) is 7.69. The Morgan fingerprint density at radius 3 is 1.46 bits per heavy atom. The van der Waals surface area contributed by atoms with Gasteiger partial charge in [-0.3, -0.25) is 0 Å².